The molecule has 0 aliphatic carbocycles. The minimum atomic E-state index is 0.768. The number of carbonyl (C=O) groups is 1. The highest BCUT2D eigenvalue weighted by atomic mass is 16.1. The summed E-state index contributed by atoms with van der Waals surface area (Å²) in [5.74, 6) is 0. The van der Waals surface area contributed by atoms with Crippen LogP contribution in [0.2, 0.25) is 0 Å². The maximum atomic E-state index is 10.3. The van der Waals surface area contributed by atoms with E-state index < -0.39 is 0 Å². The fraction of sp³-hybridized carbons (Fsp3) is 0.375. The van der Waals surface area contributed by atoms with Gasteiger partial charge in [0.25, 0.3) is 0 Å². The van der Waals surface area contributed by atoms with Crippen molar-refractivity contribution >= 4 is 6.29 Å². The number of hydrogen-bond donors (Lipinski definition) is 1. The summed E-state index contributed by atoms with van der Waals surface area (Å²) < 4.78 is 0. The molecule has 0 atom stereocenters. The van der Waals surface area contributed by atoms with E-state index in [9.17, 15) is 4.79 Å². The molecule has 0 amide bonds. The van der Waals surface area contributed by atoms with Crippen LogP contribution in [0.25, 0.3) is 0 Å². The molecule has 1 aliphatic rings. The van der Waals surface area contributed by atoms with Crippen LogP contribution in [-0.4, -0.2) is 12.8 Å². The van der Waals surface area contributed by atoms with E-state index in [1.807, 2.05) is 18.4 Å². The van der Waals surface area contributed by atoms with Crippen molar-refractivity contribution in [1.29, 1.82) is 0 Å². The molecule has 1 rings (SSSR count). The van der Waals surface area contributed by atoms with Crippen molar-refractivity contribution in [2.75, 3.05) is 6.54 Å². The zero-order valence-electron chi connectivity index (χ0n) is 5.84. The van der Waals surface area contributed by atoms with Gasteiger partial charge in [0, 0.05) is 6.54 Å². The lowest BCUT2D eigenvalue weighted by Gasteiger charge is -2.01. The van der Waals surface area contributed by atoms with Crippen molar-refractivity contribution in [3.63, 3.8) is 0 Å². The van der Waals surface area contributed by atoms with E-state index in [2.05, 4.69) is 5.32 Å². The third-order valence-corrected chi connectivity index (χ3v) is 1.47. The van der Waals surface area contributed by atoms with Crippen molar-refractivity contribution in [1.82, 2.24) is 5.32 Å². The molecule has 1 heterocycles. The third kappa shape index (κ3) is 2.05. The van der Waals surface area contributed by atoms with Crippen molar-refractivity contribution in [2.24, 2.45) is 0 Å². The summed E-state index contributed by atoms with van der Waals surface area (Å²) in [5, 5.41) is 3.04. The molecule has 0 unspecified atom stereocenters. The highest BCUT2D eigenvalue weighted by molar-refractivity contribution is 5.73. The van der Waals surface area contributed by atoms with Gasteiger partial charge in [0.15, 0.2) is 0 Å². The van der Waals surface area contributed by atoms with Crippen LogP contribution in [0.1, 0.15) is 12.8 Å². The fourth-order valence-corrected chi connectivity index (χ4v) is 0.884. The Hall–Kier alpha value is -1.05. The van der Waals surface area contributed by atoms with Crippen molar-refractivity contribution in [3.8, 4) is 0 Å². The first kappa shape index (κ1) is 7.06. The lowest BCUT2D eigenvalue weighted by atomic mass is 10.1. The van der Waals surface area contributed by atoms with E-state index in [-0.39, 0.29) is 0 Å². The number of hydrogen-bond acceptors (Lipinski definition) is 2. The van der Waals surface area contributed by atoms with Crippen LogP contribution in [0.5, 0.6) is 0 Å². The van der Waals surface area contributed by atoms with Gasteiger partial charge in [0.2, 0.25) is 0 Å². The Morgan fingerprint density at radius 2 is 2.50 bits per heavy atom. The number of aldehydes is 1. The predicted octanol–water partition coefficient (Wildman–Crippen LogP) is 1.01. The molecule has 10 heavy (non-hydrogen) atoms. The Bertz CT molecular complexity index is 170. The Balaban J connectivity index is 2.49. The quantitative estimate of drug-likeness (QED) is 0.546. The molecule has 2 nitrogen and oxygen atoms in total. The van der Waals surface area contributed by atoms with Crippen LogP contribution in [0.3, 0.4) is 0 Å². The molecular formula is C8H11NO. The van der Waals surface area contributed by atoms with Crippen LogP contribution >= 0.6 is 0 Å². The molecule has 0 aromatic rings. The monoisotopic (exact) mass is 137 g/mol. The third-order valence-electron chi connectivity index (χ3n) is 1.47. The summed E-state index contributed by atoms with van der Waals surface area (Å²) in [5.41, 5.74) is 0.900. The van der Waals surface area contributed by atoms with Gasteiger partial charge in [-0.15, -0.1) is 0 Å². The van der Waals surface area contributed by atoms with Gasteiger partial charge in [-0.25, -0.2) is 0 Å². The summed E-state index contributed by atoms with van der Waals surface area (Å²) >= 11 is 0. The Kier molecular flexibility index (Phi) is 2.74. The first-order chi connectivity index (χ1) is 4.93. The van der Waals surface area contributed by atoms with Gasteiger partial charge in [-0.1, -0.05) is 12.2 Å². The number of carbonyl (C=O) groups excluding carboxylic acids is 1. The molecule has 54 valence electrons. The molecule has 0 spiro atoms. The van der Waals surface area contributed by atoms with E-state index in [0.717, 1.165) is 31.2 Å². The lowest BCUT2D eigenvalue weighted by molar-refractivity contribution is -0.105. The fourth-order valence-electron chi connectivity index (χ4n) is 0.884. The summed E-state index contributed by atoms with van der Waals surface area (Å²) in [6.07, 6.45) is 8.66. The number of allylic oxidation sites excluding steroid dienone is 2. The van der Waals surface area contributed by atoms with E-state index in [1.54, 1.807) is 0 Å². The smallest absolute Gasteiger partial charge is 0.145 e. The molecule has 0 radical (unpaired) electrons. The van der Waals surface area contributed by atoms with Crippen molar-refractivity contribution < 1.29 is 4.79 Å². The van der Waals surface area contributed by atoms with E-state index in [1.165, 1.54) is 0 Å². The number of rotatable bonds is 1. The molecule has 0 aromatic heterocycles. The molecule has 1 N–H and O–H groups in total. The molecular weight excluding hydrogens is 126 g/mol. The summed E-state index contributed by atoms with van der Waals surface area (Å²) in [4.78, 5) is 10.3. The van der Waals surface area contributed by atoms with E-state index in [0.29, 0.717) is 0 Å². The van der Waals surface area contributed by atoms with Crippen LogP contribution in [0.15, 0.2) is 23.9 Å². The van der Waals surface area contributed by atoms with Crippen LogP contribution < -0.4 is 5.32 Å². The normalized spacial score (nSPS) is 26.6. The molecule has 0 bridgehead atoms. The molecule has 1 aliphatic heterocycles. The largest absolute Gasteiger partial charge is 0.388 e. The number of nitrogens with one attached hydrogen (secondary N) is 1. The zero-order chi connectivity index (χ0) is 7.23. The van der Waals surface area contributed by atoms with Crippen molar-refractivity contribution in [3.05, 3.63) is 23.9 Å². The van der Waals surface area contributed by atoms with Gasteiger partial charge in [0.1, 0.15) is 6.29 Å². The maximum Gasteiger partial charge on any atom is 0.145 e. The molecule has 0 fully saturated rings. The summed E-state index contributed by atoms with van der Waals surface area (Å²) in [6.45, 7) is 0.768. The second-order valence-corrected chi connectivity index (χ2v) is 2.25. The minimum Gasteiger partial charge on any atom is -0.388 e. The zero-order valence-corrected chi connectivity index (χ0v) is 5.84. The topological polar surface area (TPSA) is 29.1 Å². The average molecular weight is 137 g/mol. The van der Waals surface area contributed by atoms with Crippen LogP contribution in [-0.2, 0) is 4.79 Å². The second-order valence-electron chi connectivity index (χ2n) is 2.25. The molecule has 0 saturated heterocycles. The van der Waals surface area contributed by atoms with Gasteiger partial charge < -0.3 is 5.32 Å². The van der Waals surface area contributed by atoms with Gasteiger partial charge in [-0.2, -0.15) is 0 Å². The van der Waals surface area contributed by atoms with Gasteiger partial charge in [0.05, 0.1) is 0 Å². The Morgan fingerprint density at radius 1 is 1.60 bits per heavy atom. The summed E-state index contributed by atoms with van der Waals surface area (Å²) in [7, 11) is 0. The standard InChI is InChI=1S/C8H11NO/c10-7-8-3-1-2-5-9-6-4-8/h2,4-5,7,9H,1,3,6H2/b5-2-,8-4+. The minimum absolute atomic E-state index is 0.768. The van der Waals surface area contributed by atoms with Crippen molar-refractivity contribution in [2.45, 2.75) is 12.8 Å². The van der Waals surface area contributed by atoms with Gasteiger partial charge in [-0.05, 0) is 24.6 Å². The molecule has 2 heteroatoms. The lowest BCUT2D eigenvalue weighted by Crippen LogP contribution is -2.06. The van der Waals surface area contributed by atoms with Crippen LogP contribution in [0, 0.1) is 0 Å². The highest BCUT2D eigenvalue weighted by Crippen LogP contribution is 2.03. The first-order valence-electron chi connectivity index (χ1n) is 3.46. The second kappa shape index (κ2) is 3.88. The van der Waals surface area contributed by atoms with E-state index in [4.69, 9.17) is 0 Å². The molecule has 0 saturated carbocycles. The average Bonchev–Trinajstić information content (AvgIpc) is 1.87. The van der Waals surface area contributed by atoms with Gasteiger partial charge >= 0.3 is 0 Å². The highest BCUT2D eigenvalue weighted by Gasteiger charge is 1.94. The van der Waals surface area contributed by atoms with Gasteiger partial charge in [-0.3, -0.25) is 4.79 Å². The van der Waals surface area contributed by atoms with Crippen LogP contribution in [0.4, 0.5) is 0 Å². The molecule has 0 aromatic carbocycles. The summed E-state index contributed by atoms with van der Waals surface area (Å²) in [6, 6.07) is 0. The first-order valence-corrected chi connectivity index (χ1v) is 3.46. The Morgan fingerprint density at radius 3 is 3.30 bits per heavy atom. The Labute approximate surface area is 60.6 Å². The predicted molar refractivity (Wildman–Crippen MR) is 40.5 cm³/mol. The maximum absolute atomic E-state index is 10.3. The SMILES string of the molecule is O=C/C1=C/CN/C=C\CC1. The van der Waals surface area contributed by atoms with E-state index >= 15 is 0 Å².